The van der Waals surface area contributed by atoms with E-state index >= 15 is 0 Å². The van der Waals surface area contributed by atoms with Crippen LogP contribution >= 0.6 is 22.6 Å². The van der Waals surface area contributed by atoms with Gasteiger partial charge in [0.2, 0.25) is 5.91 Å². The third kappa shape index (κ3) is 6.62. The fourth-order valence-corrected chi connectivity index (χ4v) is 2.36. The lowest BCUT2D eigenvalue weighted by Crippen LogP contribution is -2.41. The number of carbonyl (C=O) groups is 1. The Balaban J connectivity index is 4.04. The van der Waals surface area contributed by atoms with Gasteiger partial charge >= 0.3 is 0 Å². The number of rotatable bonds is 4. The summed E-state index contributed by atoms with van der Waals surface area (Å²) in [5, 5.41) is 3.08. The van der Waals surface area contributed by atoms with E-state index in [2.05, 4.69) is 62.5 Å². The van der Waals surface area contributed by atoms with E-state index in [1.165, 1.54) is 0 Å². The first-order chi connectivity index (χ1) is 6.26. The van der Waals surface area contributed by atoms with Gasteiger partial charge in [0.1, 0.15) is 0 Å². The molecule has 0 aromatic heterocycles. The van der Waals surface area contributed by atoms with Crippen molar-refractivity contribution in [2.45, 2.75) is 47.1 Å². The van der Waals surface area contributed by atoms with Gasteiger partial charge in [-0.25, -0.2) is 0 Å². The van der Waals surface area contributed by atoms with Gasteiger partial charge in [0.05, 0.1) is 0 Å². The molecule has 0 saturated heterocycles. The highest BCUT2D eigenvalue weighted by Crippen LogP contribution is 2.18. The van der Waals surface area contributed by atoms with Crippen molar-refractivity contribution in [1.29, 1.82) is 0 Å². The van der Waals surface area contributed by atoms with E-state index in [-0.39, 0.29) is 11.3 Å². The third-order valence-electron chi connectivity index (χ3n) is 2.01. The van der Waals surface area contributed by atoms with Gasteiger partial charge in [-0.3, -0.25) is 4.79 Å². The lowest BCUT2D eigenvalue weighted by atomic mass is 9.91. The van der Waals surface area contributed by atoms with Gasteiger partial charge in [-0.1, -0.05) is 57.2 Å². The van der Waals surface area contributed by atoms with Crippen molar-refractivity contribution in [2.24, 2.45) is 11.3 Å². The van der Waals surface area contributed by atoms with Crippen molar-refractivity contribution >= 4 is 28.5 Å². The molecule has 0 aromatic rings. The maximum Gasteiger partial charge on any atom is 0.220 e. The number of alkyl halides is 1. The van der Waals surface area contributed by atoms with Gasteiger partial charge in [0.25, 0.3) is 0 Å². The summed E-state index contributed by atoms with van der Waals surface area (Å²) in [6.45, 7) is 10.5. The topological polar surface area (TPSA) is 29.1 Å². The Labute approximate surface area is 101 Å². The lowest BCUT2D eigenvalue weighted by molar-refractivity contribution is -0.123. The van der Waals surface area contributed by atoms with E-state index in [1.54, 1.807) is 0 Å². The first-order valence-electron chi connectivity index (χ1n) is 5.11. The van der Waals surface area contributed by atoms with Gasteiger partial charge in [-0.05, 0) is 11.3 Å². The first kappa shape index (κ1) is 14.2. The maximum atomic E-state index is 11.6. The SMILES string of the molecule is CC(C)C(CI)NC(=O)CC(C)(C)C. The highest BCUT2D eigenvalue weighted by Gasteiger charge is 2.19. The molecule has 1 atom stereocenters. The minimum atomic E-state index is 0.0802. The van der Waals surface area contributed by atoms with E-state index in [0.717, 1.165) is 4.43 Å². The Morgan fingerprint density at radius 1 is 1.36 bits per heavy atom. The number of hydrogen-bond acceptors (Lipinski definition) is 1. The molecule has 14 heavy (non-hydrogen) atoms. The monoisotopic (exact) mass is 311 g/mol. The normalized spacial score (nSPS) is 14.2. The molecule has 0 fully saturated rings. The standard InChI is InChI=1S/C11H22INO/c1-8(2)9(7-12)13-10(14)6-11(3,4)5/h8-9H,6-7H2,1-5H3,(H,13,14). The molecular formula is C11H22INO. The summed E-state index contributed by atoms with van der Waals surface area (Å²) >= 11 is 2.32. The summed E-state index contributed by atoms with van der Waals surface area (Å²) in [5.74, 6) is 0.684. The summed E-state index contributed by atoms with van der Waals surface area (Å²) in [4.78, 5) is 11.6. The molecule has 1 amide bonds. The molecule has 0 aliphatic heterocycles. The van der Waals surface area contributed by atoms with Gasteiger partial charge in [0, 0.05) is 16.9 Å². The van der Waals surface area contributed by atoms with E-state index in [1.807, 2.05) is 0 Å². The Morgan fingerprint density at radius 3 is 2.14 bits per heavy atom. The van der Waals surface area contributed by atoms with Crippen LogP contribution in [0.5, 0.6) is 0 Å². The highest BCUT2D eigenvalue weighted by atomic mass is 127. The first-order valence-corrected chi connectivity index (χ1v) is 6.64. The molecule has 0 aliphatic carbocycles. The van der Waals surface area contributed by atoms with Crippen molar-refractivity contribution in [3.63, 3.8) is 0 Å². The van der Waals surface area contributed by atoms with E-state index in [0.29, 0.717) is 18.4 Å². The van der Waals surface area contributed by atoms with Crippen LogP contribution in [0.2, 0.25) is 0 Å². The summed E-state index contributed by atoms with van der Waals surface area (Å²) in [7, 11) is 0. The number of carbonyl (C=O) groups excluding carboxylic acids is 1. The second-order valence-corrected chi connectivity index (χ2v) is 6.19. The average molecular weight is 311 g/mol. The molecule has 0 bridgehead atoms. The average Bonchev–Trinajstić information content (AvgIpc) is 1.96. The fourth-order valence-electron chi connectivity index (χ4n) is 1.12. The fraction of sp³-hybridized carbons (Fsp3) is 0.909. The molecule has 3 heteroatoms. The Kier molecular flexibility index (Phi) is 6.02. The molecule has 1 unspecified atom stereocenters. The van der Waals surface area contributed by atoms with Gasteiger partial charge in [0.15, 0.2) is 0 Å². The minimum Gasteiger partial charge on any atom is -0.352 e. The van der Waals surface area contributed by atoms with Crippen LogP contribution in [0.4, 0.5) is 0 Å². The smallest absolute Gasteiger partial charge is 0.220 e. The van der Waals surface area contributed by atoms with Crippen LogP contribution in [0, 0.1) is 11.3 Å². The molecular weight excluding hydrogens is 289 g/mol. The number of halogens is 1. The van der Waals surface area contributed by atoms with Crippen molar-refractivity contribution in [3.05, 3.63) is 0 Å². The zero-order valence-electron chi connectivity index (χ0n) is 9.86. The van der Waals surface area contributed by atoms with Gasteiger partial charge in [-0.15, -0.1) is 0 Å². The summed E-state index contributed by atoms with van der Waals surface area (Å²) in [5.41, 5.74) is 0.0802. The van der Waals surface area contributed by atoms with Crippen molar-refractivity contribution in [1.82, 2.24) is 5.32 Å². The predicted octanol–water partition coefficient (Wildman–Crippen LogP) is 3.00. The second-order valence-electron chi connectivity index (χ2n) is 5.31. The van der Waals surface area contributed by atoms with Crippen molar-refractivity contribution < 1.29 is 4.79 Å². The number of amides is 1. The van der Waals surface area contributed by atoms with Crippen LogP contribution in [0.1, 0.15) is 41.0 Å². The lowest BCUT2D eigenvalue weighted by Gasteiger charge is -2.23. The maximum absolute atomic E-state index is 11.6. The summed E-state index contributed by atoms with van der Waals surface area (Å²) < 4.78 is 0.977. The highest BCUT2D eigenvalue weighted by molar-refractivity contribution is 14.1. The van der Waals surface area contributed by atoms with Crippen LogP contribution in [-0.4, -0.2) is 16.4 Å². The Morgan fingerprint density at radius 2 is 1.86 bits per heavy atom. The van der Waals surface area contributed by atoms with Crippen molar-refractivity contribution in [3.8, 4) is 0 Å². The van der Waals surface area contributed by atoms with Crippen molar-refractivity contribution in [2.75, 3.05) is 4.43 Å². The number of nitrogens with one attached hydrogen (secondary N) is 1. The zero-order chi connectivity index (χ0) is 11.4. The molecule has 0 rings (SSSR count). The Bertz CT molecular complexity index is 184. The zero-order valence-corrected chi connectivity index (χ0v) is 12.0. The molecule has 2 nitrogen and oxygen atoms in total. The van der Waals surface area contributed by atoms with Crippen LogP contribution in [0.3, 0.4) is 0 Å². The van der Waals surface area contributed by atoms with Crippen LogP contribution in [-0.2, 0) is 4.79 Å². The quantitative estimate of drug-likeness (QED) is 0.627. The molecule has 0 aromatic carbocycles. The molecule has 0 heterocycles. The largest absolute Gasteiger partial charge is 0.352 e. The molecule has 1 N–H and O–H groups in total. The Hall–Kier alpha value is 0.200. The van der Waals surface area contributed by atoms with Crippen LogP contribution in [0.15, 0.2) is 0 Å². The molecule has 0 saturated carbocycles. The molecule has 84 valence electrons. The third-order valence-corrected chi connectivity index (χ3v) is 2.96. The predicted molar refractivity (Wildman–Crippen MR) is 69.7 cm³/mol. The molecule has 0 spiro atoms. The van der Waals surface area contributed by atoms with E-state index in [9.17, 15) is 4.79 Å². The van der Waals surface area contributed by atoms with Gasteiger partial charge in [-0.2, -0.15) is 0 Å². The minimum absolute atomic E-state index is 0.0802. The second kappa shape index (κ2) is 5.93. The van der Waals surface area contributed by atoms with Gasteiger partial charge < -0.3 is 5.32 Å². The molecule has 0 aliphatic rings. The molecule has 0 radical (unpaired) electrons. The summed E-state index contributed by atoms with van der Waals surface area (Å²) in [6.07, 6.45) is 0.604. The van der Waals surface area contributed by atoms with E-state index in [4.69, 9.17) is 0 Å². The summed E-state index contributed by atoms with van der Waals surface area (Å²) in [6, 6.07) is 0.311. The number of hydrogen-bond donors (Lipinski definition) is 1. The van der Waals surface area contributed by atoms with Crippen LogP contribution < -0.4 is 5.32 Å². The van der Waals surface area contributed by atoms with Crippen LogP contribution in [0.25, 0.3) is 0 Å². The van der Waals surface area contributed by atoms with E-state index < -0.39 is 0 Å².